The lowest BCUT2D eigenvalue weighted by Gasteiger charge is -2.40. The average Bonchev–Trinajstić information content (AvgIpc) is 2.72. The second kappa shape index (κ2) is 9.93. The molecule has 0 saturated heterocycles. The molecule has 1 saturated carbocycles. The number of nitrogens with zero attached hydrogens (tertiary/aromatic N) is 8. The molecule has 0 spiro atoms. The summed E-state index contributed by atoms with van der Waals surface area (Å²) >= 11 is 0. The maximum atomic E-state index is 11.4. The molecule has 1 aliphatic rings. The van der Waals surface area contributed by atoms with Crippen molar-refractivity contribution < 1.29 is 9.90 Å². The van der Waals surface area contributed by atoms with E-state index in [-0.39, 0.29) is 35.9 Å². The Morgan fingerprint density at radius 1 is 1.38 bits per heavy atom. The van der Waals surface area contributed by atoms with Crippen LogP contribution < -0.4 is 11.2 Å². The van der Waals surface area contributed by atoms with Gasteiger partial charge in [-0.3, -0.25) is 0 Å². The number of rotatable bonds is 9. The maximum absolute atomic E-state index is 11.4. The summed E-state index contributed by atoms with van der Waals surface area (Å²) in [7, 11) is 0. The summed E-state index contributed by atoms with van der Waals surface area (Å²) < 4.78 is 0. The predicted molar refractivity (Wildman–Crippen MR) is 106 cm³/mol. The molecule has 1 atom stereocenters. The van der Waals surface area contributed by atoms with Crippen LogP contribution in [-0.2, 0) is 0 Å². The number of hydrogen-bond acceptors (Lipinski definition) is 7. The van der Waals surface area contributed by atoms with Gasteiger partial charge >= 0.3 is 5.97 Å². The first-order valence-electron chi connectivity index (χ1n) is 8.79. The molecule has 1 fully saturated rings. The summed E-state index contributed by atoms with van der Waals surface area (Å²) in [4.78, 5) is 17.1. The fourth-order valence-corrected chi connectivity index (χ4v) is 3.66. The molecule has 0 amide bonds. The molecule has 0 heterocycles. The van der Waals surface area contributed by atoms with Crippen molar-refractivity contribution in [1.82, 2.24) is 0 Å². The Morgan fingerprint density at radius 2 is 2.07 bits per heavy atom. The number of carboxylic acid groups (broad SMARTS) is 1. The fourth-order valence-electron chi connectivity index (χ4n) is 3.66. The van der Waals surface area contributed by atoms with E-state index in [1.54, 1.807) is 0 Å². The van der Waals surface area contributed by atoms with Crippen LogP contribution in [0, 0.1) is 10.8 Å². The van der Waals surface area contributed by atoms with Gasteiger partial charge in [0.05, 0.1) is 11.3 Å². The molecule has 0 bridgehead atoms. The van der Waals surface area contributed by atoms with Crippen molar-refractivity contribution in [1.29, 1.82) is 5.41 Å². The zero-order chi connectivity index (χ0) is 21.3. The van der Waals surface area contributed by atoms with Crippen LogP contribution in [0.3, 0.4) is 0 Å². The number of benzene rings is 1. The first-order chi connectivity index (χ1) is 14.0. The monoisotopic (exact) mass is 399 g/mol. The summed E-state index contributed by atoms with van der Waals surface area (Å²) in [6.45, 7) is 0.416. The first-order valence-corrected chi connectivity index (χ1v) is 8.79. The minimum absolute atomic E-state index is 0.0764. The molecular weight excluding hydrogens is 378 g/mol. The van der Waals surface area contributed by atoms with E-state index in [2.05, 4.69) is 35.7 Å². The van der Waals surface area contributed by atoms with Crippen LogP contribution in [0.1, 0.15) is 41.6 Å². The van der Waals surface area contributed by atoms with E-state index in [4.69, 9.17) is 22.3 Å². The van der Waals surface area contributed by atoms with Crippen molar-refractivity contribution >= 4 is 23.6 Å². The Labute approximate surface area is 165 Å². The van der Waals surface area contributed by atoms with Gasteiger partial charge in [0.2, 0.25) is 0 Å². The van der Waals surface area contributed by atoms with Gasteiger partial charge in [-0.1, -0.05) is 21.9 Å². The van der Waals surface area contributed by atoms with E-state index in [1.807, 2.05) is 0 Å². The van der Waals surface area contributed by atoms with Gasteiger partial charge in [0, 0.05) is 40.7 Å². The smallest absolute Gasteiger partial charge is 0.336 e. The lowest BCUT2D eigenvalue weighted by Crippen LogP contribution is -2.39. The van der Waals surface area contributed by atoms with Crippen molar-refractivity contribution in [3.8, 4) is 0 Å². The zero-order valence-electron chi connectivity index (χ0n) is 15.6. The summed E-state index contributed by atoms with van der Waals surface area (Å²) in [5.41, 5.74) is 17.8. The standard InChI is InChI=1S/C16H21N11O2/c17-7-10-4-13(14(24-27-20)5-12(10)15(28)29)23-11-2-1-3-16(6-11,8-21-25-18)9-22-26-19/h4-5,7,11,17,23H,1-3,6,8-9H2,(H2,20,24)(H,28,29). The number of aromatic carboxylic acids is 1. The maximum Gasteiger partial charge on any atom is 0.336 e. The second-order valence-corrected chi connectivity index (χ2v) is 6.84. The summed E-state index contributed by atoms with van der Waals surface area (Å²) in [5.74, 6) is 3.97. The number of nitrogens with two attached hydrogens (primary N) is 1. The van der Waals surface area contributed by atoms with Crippen LogP contribution in [0.15, 0.2) is 32.7 Å². The molecule has 0 radical (unpaired) electrons. The van der Waals surface area contributed by atoms with E-state index >= 15 is 0 Å². The van der Waals surface area contributed by atoms with Gasteiger partial charge in [0.15, 0.2) is 0 Å². The minimum Gasteiger partial charge on any atom is -0.478 e. The van der Waals surface area contributed by atoms with Crippen LogP contribution in [-0.4, -0.2) is 36.4 Å². The fraction of sp³-hybridized carbons (Fsp3) is 0.500. The highest BCUT2D eigenvalue weighted by molar-refractivity contribution is 6.00. The summed E-state index contributed by atoms with van der Waals surface area (Å²) in [6, 6.07) is 2.74. The Bertz CT molecular complexity index is 880. The third-order valence-corrected chi connectivity index (χ3v) is 4.96. The van der Waals surface area contributed by atoms with Crippen LogP contribution in [0.5, 0.6) is 0 Å². The van der Waals surface area contributed by atoms with Crippen LogP contribution in [0.25, 0.3) is 20.9 Å². The molecule has 5 N–H and O–H groups in total. The van der Waals surface area contributed by atoms with Crippen molar-refractivity contribution in [2.24, 2.45) is 31.8 Å². The largest absolute Gasteiger partial charge is 0.478 e. The van der Waals surface area contributed by atoms with Crippen LogP contribution >= 0.6 is 0 Å². The zero-order valence-corrected chi connectivity index (χ0v) is 15.6. The van der Waals surface area contributed by atoms with E-state index < -0.39 is 11.4 Å². The highest BCUT2D eigenvalue weighted by Gasteiger charge is 2.35. The molecule has 1 aliphatic carbocycles. The molecule has 29 heavy (non-hydrogen) atoms. The van der Waals surface area contributed by atoms with Gasteiger partial charge in [0.25, 0.3) is 0 Å². The van der Waals surface area contributed by atoms with Gasteiger partial charge in [-0.2, -0.15) is 0 Å². The summed E-state index contributed by atoms with van der Waals surface area (Å²) in [6.07, 6.45) is 3.89. The Morgan fingerprint density at radius 3 is 2.62 bits per heavy atom. The van der Waals surface area contributed by atoms with E-state index in [9.17, 15) is 9.90 Å². The number of azide groups is 2. The quantitative estimate of drug-likeness (QED) is 0.119. The van der Waals surface area contributed by atoms with Crippen LogP contribution in [0.2, 0.25) is 0 Å². The highest BCUT2D eigenvalue weighted by atomic mass is 16.4. The molecule has 1 unspecified atom stereocenters. The predicted octanol–water partition coefficient (Wildman–Crippen LogP) is 4.30. The molecule has 0 aliphatic heterocycles. The number of anilines is 1. The topological polar surface area (TPSA) is 221 Å². The normalized spacial score (nSPS) is 21.0. The number of hydrogen-bond donors (Lipinski definition) is 4. The van der Waals surface area contributed by atoms with Gasteiger partial charge in [-0.05, 0) is 47.9 Å². The van der Waals surface area contributed by atoms with Crippen molar-refractivity contribution in [2.45, 2.75) is 31.7 Å². The van der Waals surface area contributed by atoms with Gasteiger partial charge in [0.1, 0.15) is 5.69 Å². The molecular formula is C16H21N11O2. The third kappa shape index (κ3) is 5.34. The lowest BCUT2D eigenvalue weighted by molar-refractivity contribution is 0.0697. The van der Waals surface area contributed by atoms with Gasteiger partial charge in [-0.25, -0.2) is 4.79 Å². The molecule has 0 aromatic heterocycles. The Hall–Kier alpha value is -3.82. The first kappa shape index (κ1) is 21.5. The molecule has 2 rings (SSSR count). The molecule has 13 heteroatoms. The van der Waals surface area contributed by atoms with E-state index in [0.717, 1.165) is 25.5 Å². The SMILES string of the molecule is [N-]=[N+]=NCC1(CN=[N+]=[N-])CCCC(Nc2cc(C=N)c(C(=O)O)cc2N=NN)C1. The minimum atomic E-state index is -1.19. The van der Waals surface area contributed by atoms with E-state index in [1.165, 1.54) is 12.1 Å². The molecule has 1 aromatic rings. The number of carboxylic acids is 1. The van der Waals surface area contributed by atoms with Gasteiger partial charge in [-0.15, -0.1) is 5.11 Å². The van der Waals surface area contributed by atoms with Gasteiger partial charge < -0.3 is 21.7 Å². The molecule has 13 nitrogen and oxygen atoms in total. The van der Waals surface area contributed by atoms with Crippen LogP contribution in [0.4, 0.5) is 11.4 Å². The molecule has 1 aromatic carbocycles. The van der Waals surface area contributed by atoms with E-state index in [0.29, 0.717) is 12.1 Å². The van der Waals surface area contributed by atoms with Crippen molar-refractivity contribution in [2.75, 3.05) is 18.4 Å². The summed E-state index contributed by atoms with van der Waals surface area (Å²) in [5, 5.41) is 34.6. The Kier molecular flexibility index (Phi) is 7.35. The molecule has 152 valence electrons. The number of carbonyl (C=O) groups is 1. The van der Waals surface area contributed by atoms with Crippen molar-refractivity contribution in [3.63, 3.8) is 0 Å². The third-order valence-electron chi connectivity index (χ3n) is 4.96. The average molecular weight is 399 g/mol. The number of nitrogens with one attached hydrogen (secondary N) is 2. The highest BCUT2D eigenvalue weighted by Crippen LogP contribution is 2.40. The second-order valence-electron chi connectivity index (χ2n) is 6.84. The van der Waals surface area contributed by atoms with Crippen molar-refractivity contribution in [3.05, 3.63) is 44.1 Å². The lowest BCUT2D eigenvalue weighted by atomic mass is 9.72. The Balaban J connectivity index is 2.36.